The van der Waals surface area contributed by atoms with Crippen molar-refractivity contribution in [2.75, 3.05) is 6.54 Å². The molecule has 1 unspecified atom stereocenters. The molecular weight excluding hydrogens is 236 g/mol. The Kier molecular flexibility index (Phi) is 3.77. The molecule has 0 aliphatic heterocycles. The van der Waals surface area contributed by atoms with Gasteiger partial charge >= 0.3 is 0 Å². The van der Waals surface area contributed by atoms with Crippen molar-refractivity contribution in [3.63, 3.8) is 0 Å². The van der Waals surface area contributed by atoms with Crippen LogP contribution in [-0.2, 0) is 0 Å². The van der Waals surface area contributed by atoms with Gasteiger partial charge in [0.2, 0.25) is 0 Å². The standard InChI is InChI=1S/C14H15F2NO/c1-3-17-14(11-6-7-18-9(11)2)10-4-5-12(15)13(16)8-10/h4-8,14,17H,3H2,1-2H3. The molecule has 0 bridgehead atoms. The lowest BCUT2D eigenvalue weighted by Crippen LogP contribution is -2.22. The lowest BCUT2D eigenvalue weighted by atomic mass is 9.99. The summed E-state index contributed by atoms with van der Waals surface area (Å²) in [4.78, 5) is 0. The Morgan fingerprint density at radius 1 is 1.22 bits per heavy atom. The zero-order valence-corrected chi connectivity index (χ0v) is 10.3. The van der Waals surface area contributed by atoms with E-state index in [0.29, 0.717) is 12.1 Å². The van der Waals surface area contributed by atoms with E-state index in [0.717, 1.165) is 17.4 Å². The smallest absolute Gasteiger partial charge is 0.159 e. The van der Waals surface area contributed by atoms with Gasteiger partial charge in [0.25, 0.3) is 0 Å². The van der Waals surface area contributed by atoms with E-state index < -0.39 is 11.6 Å². The van der Waals surface area contributed by atoms with Gasteiger partial charge in [-0.3, -0.25) is 0 Å². The molecule has 0 aliphatic rings. The second-order valence-corrected chi connectivity index (χ2v) is 4.10. The number of hydrogen-bond acceptors (Lipinski definition) is 2. The number of nitrogens with one attached hydrogen (secondary N) is 1. The molecule has 18 heavy (non-hydrogen) atoms. The molecule has 96 valence electrons. The van der Waals surface area contributed by atoms with Crippen molar-refractivity contribution in [2.45, 2.75) is 19.9 Å². The van der Waals surface area contributed by atoms with Crippen molar-refractivity contribution >= 4 is 0 Å². The monoisotopic (exact) mass is 251 g/mol. The molecule has 1 N–H and O–H groups in total. The topological polar surface area (TPSA) is 25.2 Å². The zero-order chi connectivity index (χ0) is 13.1. The maximum Gasteiger partial charge on any atom is 0.159 e. The summed E-state index contributed by atoms with van der Waals surface area (Å²) in [6.07, 6.45) is 1.59. The molecule has 2 aromatic rings. The average molecular weight is 251 g/mol. The van der Waals surface area contributed by atoms with Crippen LogP contribution in [0.2, 0.25) is 0 Å². The average Bonchev–Trinajstić information content (AvgIpc) is 2.76. The fourth-order valence-electron chi connectivity index (χ4n) is 2.00. The van der Waals surface area contributed by atoms with Gasteiger partial charge in [-0.2, -0.15) is 0 Å². The Bertz CT molecular complexity index is 536. The third kappa shape index (κ3) is 2.43. The number of furan rings is 1. The van der Waals surface area contributed by atoms with Gasteiger partial charge in [-0.15, -0.1) is 0 Å². The summed E-state index contributed by atoms with van der Waals surface area (Å²) in [6, 6.07) is 5.59. The second-order valence-electron chi connectivity index (χ2n) is 4.10. The van der Waals surface area contributed by atoms with E-state index in [4.69, 9.17) is 4.42 Å². The highest BCUT2D eigenvalue weighted by Gasteiger charge is 2.18. The number of aryl methyl sites for hydroxylation is 1. The number of rotatable bonds is 4. The van der Waals surface area contributed by atoms with Gasteiger partial charge in [-0.25, -0.2) is 8.78 Å². The third-order valence-corrected chi connectivity index (χ3v) is 2.90. The van der Waals surface area contributed by atoms with Crippen molar-refractivity contribution in [2.24, 2.45) is 0 Å². The molecular formula is C14H15F2NO. The summed E-state index contributed by atoms with van der Waals surface area (Å²) in [6.45, 7) is 4.52. The maximum absolute atomic E-state index is 13.3. The molecule has 1 atom stereocenters. The van der Waals surface area contributed by atoms with Gasteiger partial charge in [0.05, 0.1) is 12.3 Å². The highest BCUT2D eigenvalue weighted by Crippen LogP contribution is 2.26. The van der Waals surface area contributed by atoms with Crippen LogP contribution in [0.4, 0.5) is 8.78 Å². The summed E-state index contributed by atoms with van der Waals surface area (Å²) >= 11 is 0. The fraction of sp³-hybridized carbons (Fsp3) is 0.286. The van der Waals surface area contributed by atoms with E-state index >= 15 is 0 Å². The predicted molar refractivity (Wildman–Crippen MR) is 65.3 cm³/mol. The zero-order valence-electron chi connectivity index (χ0n) is 10.3. The summed E-state index contributed by atoms with van der Waals surface area (Å²) in [5.74, 6) is -0.903. The highest BCUT2D eigenvalue weighted by molar-refractivity contribution is 5.33. The summed E-state index contributed by atoms with van der Waals surface area (Å²) in [5.41, 5.74) is 1.61. The van der Waals surface area contributed by atoms with Crippen LogP contribution in [-0.4, -0.2) is 6.54 Å². The molecule has 0 fully saturated rings. The maximum atomic E-state index is 13.3. The first kappa shape index (κ1) is 12.8. The van der Waals surface area contributed by atoms with E-state index in [1.54, 1.807) is 12.3 Å². The third-order valence-electron chi connectivity index (χ3n) is 2.90. The quantitative estimate of drug-likeness (QED) is 0.898. The van der Waals surface area contributed by atoms with Crippen LogP contribution in [0.1, 0.15) is 29.9 Å². The normalized spacial score (nSPS) is 12.7. The highest BCUT2D eigenvalue weighted by atomic mass is 19.2. The van der Waals surface area contributed by atoms with Crippen LogP contribution in [0, 0.1) is 18.6 Å². The fourth-order valence-corrected chi connectivity index (χ4v) is 2.00. The van der Waals surface area contributed by atoms with Gasteiger partial charge in [-0.05, 0) is 37.2 Å². The predicted octanol–water partition coefficient (Wildman–Crippen LogP) is 3.57. The van der Waals surface area contributed by atoms with E-state index in [2.05, 4.69) is 5.32 Å². The number of halogens is 2. The molecule has 0 amide bonds. The van der Waals surface area contributed by atoms with Crippen molar-refractivity contribution < 1.29 is 13.2 Å². The Balaban J connectivity index is 2.41. The van der Waals surface area contributed by atoms with Crippen molar-refractivity contribution in [3.8, 4) is 0 Å². The lowest BCUT2D eigenvalue weighted by molar-refractivity contribution is 0.501. The van der Waals surface area contributed by atoms with Crippen LogP contribution >= 0.6 is 0 Å². The molecule has 0 aliphatic carbocycles. The minimum atomic E-state index is -0.837. The summed E-state index contributed by atoms with van der Waals surface area (Å²) < 4.78 is 31.5. The molecule has 2 rings (SSSR count). The Hall–Kier alpha value is -1.68. The minimum absolute atomic E-state index is 0.191. The van der Waals surface area contributed by atoms with Crippen LogP contribution in [0.5, 0.6) is 0 Å². The first-order valence-electron chi connectivity index (χ1n) is 5.85. The largest absolute Gasteiger partial charge is 0.469 e. The van der Waals surface area contributed by atoms with E-state index in [1.807, 2.05) is 19.9 Å². The van der Waals surface area contributed by atoms with Crippen molar-refractivity contribution in [1.29, 1.82) is 0 Å². The van der Waals surface area contributed by atoms with Crippen molar-refractivity contribution in [1.82, 2.24) is 5.32 Å². The molecule has 1 aromatic heterocycles. The van der Waals surface area contributed by atoms with E-state index in [-0.39, 0.29) is 6.04 Å². The lowest BCUT2D eigenvalue weighted by Gasteiger charge is -2.18. The van der Waals surface area contributed by atoms with Crippen LogP contribution < -0.4 is 5.32 Å². The van der Waals surface area contributed by atoms with Crippen LogP contribution in [0.25, 0.3) is 0 Å². The van der Waals surface area contributed by atoms with Crippen molar-refractivity contribution in [3.05, 3.63) is 59.1 Å². The minimum Gasteiger partial charge on any atom is -0.469 e. The molecule has 1 heterocycles. The SMILES string of the molecule is CCNC(c1ccc(F)c(F)c1)c1ccoc1C. The van der Waals surface area contributed by atoms with E-state index in [1.165, 1.54) is 6.07 Å². The molecule has 0 saturated heterocycles. The van der Waals surface area contributed by atoms with Gasteiger partial charge in [0.1, 0.15) is 5.76 Å². The van der Waals surface area contributed by atoms with Gasteiger partial charge in [0, 0.05) is 5.56 Å². The Morgan fingerprint density at radius 3 is 2.56 bits per heavy atom. The number of benzene rings is 1. The second kappa shape index (κ2) is 5.31. The van der Waals surface area contributed by atoms with Gasteiger partial charge in [0.15, 0.2) is 11.6 Å². The molecule has 0 saturated carbocycles. The Morgan fingerprint density at radius 2 is 2.00 bits per heavy atom. The molecule has 0 radical (unpaired) electrons. The van der Waals surface area contributed by atoms with E-state index in [9.17, 15) is 8.78 Å². The number of hydrogen-bond donors (Lipinski definition) is 1. The van der Waals surface area contributed by atoms with Crippen LogP contribution in [0.15, 0.2) is 34.9 Å². The molecule has 0 spiro atoms. The Labute approximate surface area is 105 Å². The van der Waals surface area contributed by atoms with Gasteiger partial charge in [-0.1, -0.05) is 13.0 Å². The summed E-state index contributed by atoms with van der Waals surface area (Å²) in [5, 5.41) is 3.24. The first-order chi connectivity index (χ1) is 8.63. The van der Waals surface area contributed by atoms with Gasteiger partial charge < -0.3 is 9.73 Å². The molecule has 4 heteroatoms. The molecule has 1 aromatic carbocycles. The first-order valence-corrected chi connectivity index (χ1v) is 5.85. The summed E-state index contributed by atoms with van der Waals surface area (Å²) in [7, 11) is 0. The molecule has 2 nitrogen and oxygen atoms in total. The van der Waals surface area contributed by atoms with Crippen LogP contribution in [0.3, 0.4) is 0 Å².